The highest BCUT2D eigenvalue weighted by Crippen LogP contribution is 2.75. The lowest BCUT2D eigenvalue weighted by Gasteiger charge is -2.69. The summed E-state index contributed by atoms with van der Waals surface area (Å²) in [6, 6.07) is 0. The van der Waals surface area contributed by atoms with E-state index in [-0.39, 0.29) is 69.8 Å². The quantitative estimate of drug-likeness (QED) is 0.109. The molecule has 0 amide bonds. The third-order valence-corrected chi connectivity index (χ3v) is 15.7. The van der Waals surface area contributed by atoms with Gasteiger partial charge in [-0.05, 0) is 106 Å². The fraction of sp³-hybridized carbons (Fsp3) is 0.826. The standard InChI is InChI=1S/C46H70O13/c1-25(2)15-14-19-46(13,59-41-40(57-30(7)51)39(56-29(6)50)38(55-28(5)49)33(58-41)24-53-26(3)47)31-16-21-45(12)37(31)32(52)23-35-43(10)20-18-36(54-27(4)48)42(8,9)34(43)17-22-44(35,45)11/h15,31,33-41H,14,16-24H2,1-13H3/t31?,33?,34?,35?,36-,37?,38+,39?,40?,41-,43-,44+,45+,46?/m0/s1. The van der Waals surface area contributed by atoms with Crippen molar-refractivity contribution in [1.29, 1.82) is 0 Å². The summed E-state index contributed by atoms with van der Waals surface area (Å²) in [6.45, 7) is 23.5. The fourth-order valence-electron chi connectivity index (χ4n) is 13.0. The molecule has 332 valence electrons. The predicted molar refractivity (Wildman–Crippen MR) is 215 cm³/mol. The Morgan fingerprint density at radius 3 is 1.86 bits per heavy atom. The minimum absolute atomic E-state index is 0.132. The summed E-state index contributed by atoms with van der Waals surface area (Å²) in [5, 5.41) is 0. The Morgan fingerprint density at radius 2 is 1.29 bits per heavy atom. The lowest BCUT2D eigenvalue weighted by atomic mass is 9.35. The van der Waals surface area contributed by atoms with Gasteiger partial charge in [-0.25, -0.2) is 0 Å². The molecule has 14 atom stereocenters. The Hall–Kier alpha value is -3.32. The van der Waals surface area contributed by atoms with Crippen molar-refractivity contribution in [3.05, 3.63) is 11.6 Å². The average Bonchev–Trinajstić information content (AvgIpc) is 3.48. The molecule has 1 aliphatic heterocycles. The van der Waals surface area contributed by atoms with Gasteiger partial charge in [0, 0.05) is 52.4 Å². The zero-order chi connectivity index (χ0) is 44.0. The summed E-state index contributed by atoms with van der Waals surface area (Å²) >= 11 is 0. The van der Waals surface area contributed by atoms with Crippen LogP contribution in [-0.2, 0) is 61.9 Å². The molecule has 0 spiro atoms. The largest absolute Gasteiger partial charge is 0.463 e. The van der Waals surface area contributed by atoms with Crippen molar-refractivity contribution in [2.24, 2.45) is 45.3 Å². The molecule has 13 nitrogen and oxygen atoms in total. The second-order valence-electron chi connectivity index (χ2n) is 20.1. The molecule has 4 saturated carbocycles. The number of hydrogen-bond donors (Lipinski definition) is 0. The van der Waals surface area contributed by atoms with E-state index >= 15 is 4.79 Å². The van der Waals surface area contributed by atoms with Gasteiger partial charge in [0.2, 0.25) is 0 Å². The van der Waals surface area contributed by atoms with Crippen molar-refractivity contribution in [1.82, 2.24) is 0 Å². The van der Waals surface area contributed by atoms with Gasteiger partial charge in [-0.1, -0.05) is 46.3 Å². The fourth-order valence-corrected chi connectivity index (χ4v) is 13.0. The third-order valence-electron chi connectivity index (χ3n) is 15.7. The Labute approximate surface area is 350 Å². The van der Waals surface area contributed by atoms with E-state index in [1.165, 1.54) is 34.6 Å². The van der Waals surface area contributed by atoms with Crippen LogP contribution < -0.4 is 0 Å². The molecule has 5 rings (SSSR count). The van der Waals surface area contributed by atoms with Gasteiger partial charge in [0.1, 0.15) is 24.6 Å². The molecule has 0 bridgehead atoms. The minimum atomic E-state index is -1.38. The average molecular weight is 831 g/mol. The molecule has 0 aromatic carbocycles. The monoisotopic (exact) mass is 830 g/mol. The zero-order valence-electron chi connectivity index (χ0n) is 37.7. The number of ketones is 1. The number of hydrogen-bond acceptors (Lipinski definition) is 13. The van der Waals surface area contributed by atoms with Gasteiger partial charge in [0.05, 0.1) is 5.60 Å². The van der Waals surface area contributed by atoms with E-state index in [0.717, 1.165) is 37.7 Å². The number of ether oxygens (including phenoxy) is 7. The number of allylic oxidation sites excluding steroid dienone is 2. The summed E-state index contributed by atoms with van der Waals surface area (Å²) in [5.74, 6) is -3.00. The summed E-state index contributed by atoms with van der Waals surface area (Å²) in [7, 11) is 0. The molecule has 4 aliphatic carbocycles. The van der Waals surface area contributed by atoms with Gasteiger partial charge in [0.15, 0.2) is 24.6 Å². The molecule has 1 heterocycles. The second-order valence-corrected chi connectivity index (χ2v) is 20.1. The molecule has 5 aliphatic rings. The van der Waals surface area contributed by atoms with E-state index in [1.54, 1.807) is 0 Å². The van der Waals surface area contributed by atoms with Crippen LogP contribution in [-0.4, -0.2) is 84.6 Å². The van der Waals surface area contributed by atoms with Crippen molar-refractivity contribution < 1.29 is 61.9 Å². The smallest absolute Gasteiger partial charge is 0.303 e. The van der Waals surface area contributed by atoms with Crippen LogP contribution in [0.25, 0.3) is 0 Å². The molecule has 0 aromatic rings. The van der Waals surface area contributed by atoms with Crippen LogP contribution in [0.3, 0.4) is 0 Å². The molecule has 5 fully saturated rings. The van der Waals surface area contributed by atoms with E-state index in [1.807, 2.05) is 20.8 Å². The summed E-state index contributed by atoms with van der Waals surface area (Å²) < 4.78 is 42.1. The zero-order valence-corrected chi connectivity index (χ0v) is 37.7. The Morgan fingerprint density at radius 1 is 0.712 bits per heavy atom. The molecule has 13 heteroatoms. The van der Waals surface area contributed by atoms with Crippen LogP contribution in [0.4, 0.5) is 0 Å². The van der Waals surface area contributed by atoms with Crippen LogP contribution in [0.15, 0.2) is 11.6 Å². The van der Waals surface area contributed by atoms with Gasteiger partial charge in [-0.2, -0.15) is 0 Å². The van der Waals surface area contributed by atoms with Gasteiger partial charge < -0.3 is 33.2 Å². The van der Waals surface area contributed by atoms with Crippen molar-refractivity contribution >= 4 is 35.6 Å². The van der Waals surface area contributed by atoms with Crippen LogP contribution >= 0.6 is 0 Å². The van der Waals surface area contributed by atoms with Crippen molar-refractivity contribution in [2.45, 2.75) is 190 Å². The van der Waals surface area contributed by atoms with Crippen LogP contribution in [0, 0.1) is 45.3 Å². The molecular formula is C46H70O13. The molecule has 59 heavy (non-hydrogen) atoms. The summed E-state index contributed by atoms with van der Waals surface area (Å²) in [5.41, 5.74) is -0.845. The molecule has 0 aromatic heterocycles. The molecule has 1 saturated heterocycles. The first-order chi connectivity index (χ1) is 27.3. The highest BCUT2D eigenvalue weighted by atomic mass is 16.7. The first-order valence-corrected chi connectivity index (χ1v) is 21.6. The van der Waals surface area contributed by atoms with E-state index in [9.17, 15) is 24.0 Å². The summed E-state index contributed by atoms with van der Waals surface area (Å²) in [6.07, 6.45) is 1.96. The van der Waals surface area contributed by atoms with Gasteiger partial charge in [-0.15, -0.1) is 0 Å². The Kier molecular flexibility index (Phi) is 13.6. The Balaban J connectivity index is 1.55. The summed E-state index contributed by atoms with van der Waals surface area (Å²) in [4.78, 5) is 77.0. The van der Waals surface area contributed by atoms with E-state index < -0.39 is 60.2 Å². The molecule has 8 unspecified atom stereocenters. The van der Waals surface area contributed by atoms with Crippen LogP contribution in [0.5, 0.6) is 0 Å². The number of esters is 5. The van der Waals surface area contributed by atoms with Gasteiger partial charge >= 0.3 is 29.8 Å². The normalized spacial score (nSPS) is 39.5. The van der Waals surface area contributed by atoms with Crippen molar-refractivity contribution in [3.63, 3.8) is 0 Å². The van der Waals surface area contributed by atoms with E-state index in [0.29, 0.717) is 25.7 Å². The second kappa shape index (κ2) is 17.2. The van der Waals surface area contributed by atoms with Crippen LogP contribution in [0.1, 0.15) is 148 Å². The first-order valence-electron chi connectivity index (χ1n) is 21.6. The highest BCUT2D eigenvalue weighted by molar-refractivity contribution is 5.84. The maximum atomic E-state index is 15.1. The maximum absolute atomic E-state index is 15.1. The van der Waals surface area contributed by atoms with E-state index in [4.69, 9.17) is 33.2 Å². The van der Waals surface area contributed by atoms with Crippen molar-refractivity contribution in [3.8, 4) is 0 Å². The predicted octanol–water partition coefficient (Wildman–Crippen LogP) is 7.39. The lowest BCUT2D eigenvalue weighted by molar-refractivity contribution is -0.336. The van der Waals surface area contributed by atoms with Gasteiger partial charge in [0.25, 0.3) is 0 Å². The number of Topliss-reactive ketones (excluding diaryl/α,β-unsaturated/α-hetero) is 1. The number of carbonyl (C=O) groups is 6. The van der Waals surface area contributed by atoms with Gasteiger partial charge in [-0.3, -0.25) is 28.8 Å². The molecule has 0 radical (unpaired) electrons. The van der Waals surface area contributed by atoms with Crippen molar-refractivity contribution in [2.75, 3.05) is 6.61 Å². The lowest BCUT2D eigenvalue weighted by Crippen LogP contribution is -2.66. The number of rotatable bonds is 12. The van der Waals surface area contributed by atoms with Crippen LogP contribution in [0.2, 0.25) is 0 Å². The number of fused-ring (bicyclic) bond motifs is 5. The minimum Gasteiger partial charge on any atom is -0.463 e. The Bertz CT molecular complexity index is 1680. The SMILES string of the molecule is CC(=O)OCC1O[C@@H](OC(C)(CCC=C(C)C)C2CC[C@]3(C)C2C(=O)CC2[C@@]4(C)CC[C@H](OC(C)=O)C(C)(C)C4CC[C@]23C)C(OC(C)=O)C(OC(C)=O)[C@@H]1OC(C)=O. The van der Waals surface area contributed by atoms with E-state index in [2.05, 4.69) is 40.7 Å². The first kappa shape index (κ1) is 46.7. The highest BCUT2D eigenvalue weighted by Gasteiger charge is 2.72. The number of carbonyl (C=O) groups excluding carboxylic acids is 6. The topological polar surface area (TPSA) is 167 Å². The molecular weight excluding hydrogens is 760 g/mol. The maximum Gasteiger partial charge on any atom is 0.303 e. The third kappa shape index (κ3) is 8.89. The molecule has 0 N–H and O–H groups in total.